The fraction of sp³-hybridized carbons (Fsp3) is 0.0870. The monoisotopic (exact) mass is 322 g/mol. The van der Waals surface area contributed by atoms with Gasteiger partial charge in [-0.25, -0.2) is 4.52 Å². The second kappa shape index (κ2) is 5.18. The summed E-state index contributed by atoms with van der Waals surface area (Å²) in [5, 5.41) is 8.53. The fourth-order valence-electron chi connectivity index (χ4n) is 4.02. The van der Waals surface area contributed by atoms with Crippen molar-refractivity contribution in [2.24, 2.45) is 0 Å². The molecule has 0 N–H and O–H groups in total. The second-order valence-corrected chi connectivity index (χ2v) is 6.65. The predicted molar refractivity (Wildman–Crippen MR) is 105 cm³/mol. The molecule has 2 heterocycles. The van der Waals surface area contributed by atoms with Crippen LogP contribution in [0.2, 0.25) is 0 Å². The van der Waals surface area contributed by atoms with Crippen molar-refractivity contribution in [1.29, 1.82) is 0 Å². The standard InChI is InChI=1S/C23H18N2/c1-15-8-7-9-16(2)22(15)20-14-24-25-21-13-6-5-11-18(21)17-10-3-4-12-19(17)23(20)25/h3-14H,1-2H3. The molecule has 0 saturated heterocycles. The van der Waals surface area contributed by atoms with Crippen molar-refractivity contribution < 1.29 is 0 Å². The Labute approximate surface area is 146 Å². The third kappa shape index (κ3) is 1.94. The van der Waals surface area contributed by atoms with E-state index in [2.05, 4.69) is 85.1 Å². The first kappa shape index (κ1) is 14.2. The minimum atomic E-state index is 1.15. The number of nitrogens with zero attached hydrogens (tertiary/aromatic N) is 2. The molecule has 2 nitrogen and oxygen atoms in total. The van der Waals surface area contributed by atoms with Crippen molar-refractivity contribution >= 4 is 27.2 Å². The van der Waals surface area contributed by atoms with Gasteiger partial charge in [0.05, 0.1) is 17.2 Å². The molecule has 0 bridgehead atoms. The number of aryl methyl sites for hydroxylation is 2. The van der Waals surface area contributed by atoms with Gasteiger partial charge in [-0.1, -0.05) is 60.7 Å². The molecule has 0 aliphatic rings. The molecule has 0 aliphatic heterocycles. The average molecular weight is 322 g/mol. The Morgan fingerprint density at radius 2 is 1.32 bits per heavy atom. The van der Waals surface area contributed by atoms with Crippen LogP contribution in [0.3, 0.4) is 0 Å². The quantitative estimate of drug-likeness (QED) is 0.350. The van der Waals surface area contributed by atoms with E-state index in [0.717, 1.165) is 5.52 Å². The summed E-state index contributed by atoms with van der Waals surface area (Å²) in [6, 6.07) is 23.6. The summed E-state index contributed by atoms with van der Waals surface area (Å²) in [4.78, 5) is 0. The maximum absolute atomic E-state index is 4.77. The second-order valence-electron chi connectivity index (χ2n) is 6.65. The van der Waals surface area contributed by atoms with Crippen LogP contribution in [0.5, 0.6) is 0 Å². The molecular weight excluding hydrogens is 304 g/mol. The highest BCUT2D eigenvalue weighted by molar-refractivity contribution is 6.15. The van der Waals surface area contributed by atoms with Gasteiger partial charge in [-0.15, -0.1) is 0 Å². The summed E-state index contributed by atoms with van der Waals surface area (Å²) >= 11 is 0. The topological polar surface area (TPSA) is 17.3 Å². The first-order valence-corrected chi connectivity index (χ1v) is 8.59. The summed E-state index contributed by atoms with van der Waals surface area (Å²) in [5.41, 5.74) is 7.40. The van der Waals surface area contributed by atoms with Crippen LogP contribution in [0.4, 0.5) is 0 Å². The molecule has 5 rings (SSSR count). The number of hydrogen-bond acceptors (Lipinski definition) is 1. The van der Waals surface area contributed by atoms with Gasteiger partial charge in [0.15, 0.2) is 0 Å². The molecule has 0 atom stereocenters. The summed E-state index contributed by atoms with van der Waals surface area (Å²) < 4.78 is 2.10. The lowest BCUT2D eigenvalue weighted by Crippen LogP contribution is -1.93. The zero-order valence-electron chi connectivity index (χ0n) is 14.3. The molecule has 0 amide bonds. The molecule has 2 aromatic heterocycles. The van der Waals surface area contributed by atoms with Crippen LogP contribution in [0.15, 0.2) is 72.9 Å². The van der Waals surface area contributed by atoms with E-state index in [1.807, 2.05) is 6.20 Å². The summed E-state index contributed by atoms with van der Waals surface area (Å²) in [5.74, 6) is 0. The van der Waals surface area contributed by atoms with E-state index in [1.54, 1.807) is 0 Å². The van der Waals surface area contributed by atoms with Crippen LogP contribution < -0.4 is 0 Å². The normalized spacial score (nSPS) is 11.6. The number of fused-ring (bicyclic) bond motifs is 6. The van der Waals surface area contributed by atoms with Crippen molar-refractivity contribution in [3.8, 4) is 11.1 Å². The molecule has 2 heteroatoms. The van der Waals surface area contributed by atoms with Gasteiger partial charge in [-0.2, -0.15) is 5.10 Å². The van der Waals surface area contributed by atoms with Crippen molar-refractivity contribution in [3.05, 3.63) is 84.1 Å². The van der Waals surface area contributed by atoms with Gasteiger partial charge in [0.25, 0.3) is 0 Å². The lowest BCUT2D eigenvalue weighted by molar-refractivity contribution is 1.01. The maximum atomic E-state index is 4.77. The van der Waals surface area contributed by atoms with Gasteiger partial charge >= 0.3 is 0 Å². The van der Waals surface area contributed by atoms with Crippen LogP contribution in [-0.4, -0.2) is 9.61 Å². The zero-order valence-corrected chi connectivity index (χ0v) is 14.3. The van der Waals surface area contributed by atoms with E-state index in [9.17, 15) is 0 Å². The van der Waals surface area contributed by atoms with Crippen molar-refractivity contribution in [1.82, 2.24) is 9.61 Å². The van der Waals surface area contributed by atoms with Gasteiger partial charge in [-0.05, 0) is 42.0 Å². The summed E-state index contributed by atoms with van der Waals surface area (Å²) in [7, 11) is 0. The number of pyridine rings is 1. The molecule has 120 valence electrons. The fourth-order valence-corrected chi connectivity index (χ4v) is 4.02. The Balaban J connectivity index is 2.05. The highest BCUT2D eigenvalue weighted by Gasteiger charge is 2.16. The van der Waals surface area contributed by atoms with Crippen LogP contribution in [-0.2, 0) is 0 Å². The minimum absolute atomic E-state index is 1.15. The van der Waals surface area contributed by atoms with Gasteiger partial charge in [0, 0.05) is 16.3 Å². The Morgan fingerprint density at radius 3 is 2.08 bits per heavy atom. The van der Waals surface area contributed by atoms with Crippen molar-refractivity contribution in [2.45, 2.75) is 13.8 Å². The smallest absolute Gasteiger partial charge is 0.0826 e. The number of para-hydroxylation sites is 1. The summed E-state index contributed by atoms with van der Waals surface area (Å²) in [6.45, 7) is 4.35. The van der Waals surface area contributed by atoms with Crippen LogP contribution in [0.25, 0.3) is 38.3 Å². The van der Waals surface area contributed by atoms with E-state index in [-0.39, 0.29) is 0 Å². The largest absolute Gasteiger partial charge is 0.232 e. The zero-order chi connectivity index (χ0) is 17.0. The lowest BCUT2D eigenvalue weighted by Gasteiger charge is -2.12. The predicted octanol–water partition coefficient (Wildman–Crippen LogP) is 5.92. The van der Waals surface area contributed by atoms with Gasteiger partial charge in [0.1, 0.15) is 0 Å². The molecule has 0 fully saturated rings. The Hall–Kier alpha value is -3.13. The van der Waals surface area contributed by atoms with Gasteiger partial charge in [0.2, 0.25) is 0 Å². The average Bonchev–Trinajstić information content (AvgIpc) is 3.07. The van der Waals surface area contributed by atoms with E-state index < -0.39 is 0 Å². The van der Waals surface area contributed by atoms with Gasteiger partial charge < -0.3 is 0 Å². The molecule has 0 radical (unpaired) electrons. The molecule has 5 aromatic rings. The summed E-state index contributed by atoms with van der Waals surface area (Å²) in [6.07, 6.45) is 2.02. The van der Waals surface area contributed by atoms with Crippen LogP contribution in [0.1, 0.15) is 11.1 Å². The molecule has 0 unspecified atom stereocenters. The third-order valence-corrected chi connectivity index (χ3v) is 5.12. The van der Waals surface area contributed by atoms with E-state index >= 15 is 0 Å². The van der Waals surface area contributed by atoms with E-state index in [0.29, 0.717) is 0 Å². The Morgan fingerprint density at radius 1 is 0.680 bits per heavy atom. The highest BCUT2D eigenvalue weighted by atomic mass is 15.2. The van der Waals surface area contributed by atoms with Crippen LogP contribution >= 0.6 is 0 Å². The van der Waals surface area contributed by atoms with E-state index in [4.69, 9.17) is 5.10 Å². The number of hydrogen-bond donors (Lipinski definition) is 0. The van der Waals surface area contributed by atoms with Gasteiger partial charge in [-0.3, -0.25) is 0 Å². The van der Waals surface area contributed by atoms with Crippen molar-refractivity contribution in [3.63, 3.8) is 0 Å². The molecule has 0 spiro atoms. The number of benzene rings is 3. The molecule has 0 saturated carbocycles. The minimum Gasteiger partial charge on any atom is -0.232 e. The molecule has 25 heavy (non-hydrogen) atoms. The first-order chi connectivity index (χ1) is 12.3. The van der Waals surface area contributed by atoms with Crippen molar-refractivity contribution in [2.75, 3.05) is 0 Å². The molecule has 0 aliphatic carbocycles. The first-order valence-electron chi connectivity index (χ1n) is 8.59. The Kier molecular flexibility index (Phi) is 2.95. The lowest BCUT2D eigenvalue weighted by atomic mass is 9.95. The van der Waals surface area contributed by atoms with Crippen LogP contribution in [0, 0.1) is 13.8 Å². The Bertz CT molecular complexity index is 1240. The molecular formula is C23H18N2. The van der Waals surface area contributed by atoms with E-state index in [1.165, 1.54) is 43.9 Å². The molecule has 3 aromatic carbocycles. The SMILES string of the molecule is Cc1cccc(C)c1-c1cnn2c3ccccc3c3ccccc3c12. The number of aromatic nitrogens is 2. The third-order valence-electron chi connectivity index (χ3n) is 5.12. The maximum Gasteiger partial charge on any atom is 0.0826 e. The highest BCUT2D eigenvalue weighted by Crippen LogP contribution is 2.37. The number of rotatable bonds is 1.